The predicted octanol–water partition coefficient (Wildman–Crippen LogP) is 18.7. The molecule has 0 N–H and O–H groups in total. The van der Waals surface area contributed by atoms with Crippen LogP contribution in [-0.4, -0.2) is 48.3 Å². The third kappa shape index (κ3) is 14.5. The van der Waals surface area contributed by atoms with Crippen LogP contribution < -0.4 is 5.79 Å². The van der Waals surface area contributed by atoms with Crippen LogP contribution in [0.2, 0.25) is 29.6 Å². The first-order chi connectivity index (χ1) is 27.0. The monoisotopic (exact) mass is 1080 g/mol. The first kappa shape index (κ1) is 47.9. The van der Waals surface area contributed by atoms with Gasteiger partial charge in [-0.3, -0.25) is 0 Å². The summed E-state index contributed by atoms with van der Waals surface area (Å²) in [6.07, 6.45) is 28.2. The quantitative estimate of drug-likeness (QED) is 0.0278. The summed E-state index contributed by atoms with van der Waals surface area (Å²) in [7, 11) is 0. The maximum atomic E-state index is 2.68. The number of fused-ring (bicyclic) bond motifs is 2. The van der Waals surface area contributed by atoms with Crippen molar-refractivity contribution < 1.29 is 0 Å². The Labute approximate surface area is 376 Å². The number of benzene rings is 1. The van der Waals surface area contributed by atoms with Crippen LogP contribution in [0.1, 0.15) is 142 Å². The molecule has 1 aromatic carbocycles. The molecule has 0 radical (unpaired) electrons. The molecule has 4 heterocycles. The van der Waals surface area contributed by atoms with E-state index in [1.54, 1.807) is 26.3 Å². The van der Waals surface area contributed by atoms with Crippen molar-refractivity contribution in [2.75, 3.05) is 11.5 Å². The van der Waals surface area contributed by atoms with E-state index in [2.05, 4.69) is 149 Å². The van der Waals surface area contributed by atoms with Crippen molar-refractivity contribution in [3.8, 4) is 20.9 Å². The van der Waals surface area contributed by atoms with Crippen LogP contribution in [0.3, 0.4) is 0 Å². The summed E-state index contributed by atoms with van der Waals surface area (Å²) in [5.41, 5.74) is 3.10. The van der Waals surface area contributed by atoms with Crippen molar-refractivity contribution in [3.05, 3.63) is 36.4 Å². The Bertz CT molecular complexity index is 1690. The fourth-order valence-corrected chi connectivity index (χ4v) is 25.1. The Balaban J connectivity index is 1.32. The zero-order chi connectivity index (χ0) is 40.0. The van der Waals surface area contributed by atoms with Crippen molar-refractivity contribution >= 4 is 132 Å². The van der Waals surface area contributed by atoms with Gasteiger partial charge < -0.3 is 0 Å². The predicted molar refractivity (Wildman–Crippen MR) is 275 cm³/mol. The van der Waals surface area contributed by atoms with E-state index in [0.717, 1.165) is 0 Å². The molecule has 0 amide bonds. The second-order valence-corrected chi connectivity index (χ2v) is 56.1. The van der Waals surface area contributed by atoms with E-state index >= 15 is 0 Å². The summed E-state index contributed by atoms with van der Waals surface area (Å²) in [5, 5.41) is 3.08. The zero-order valence-corrected chi connectivity index (χ0v) is 47.1. The van der Waals surface area contributed by atoms with Crippen molar-refractivity contribution in [1.82, 2.24) is 0 Å². The van der Waals surface area contributed by atoms with Gasteiger partial charge in [-0.2, -0.15) is 0 Å². The summed E-state index contributed by atoms with van der Waals surface area (Å²) >= 11 is 8.00. The molecule has 0 aliphatic rings. The molecule has 0 fully saturated rings. The molecule has 5 aromatic rings. The molecule has 5 rings (SSSR count). The van der Waals surface area contributed by atoms with Crippen LogP contribution in [0.4, 0.5) is 0 Å². The van der Waals surface area contributed by atoms with Gasteiger partial charge in [0.15, 0.2) is 0 Å². The molecule has 310 valence electrons. The second kappa shape index (κ2) is 24.5. The van der Waals surface area contributed by atoms with Gasteiger partial charge in [0.1, 0.15) is 0 Å². The van der Waals surface area contributed by atoms with Gasteiger partial charge in [0.25, 0.3) is 0 Å². The summed E-state index contributed by atoms with van der Waals surface area (Å²) in [5.74, 6) is 2.50. The van der Waals surface area contributed by atoms with E-state index in [1.807, 2.05) is 0 Å². The fraction of sp³-hybridized carbons (Fsp3) is 0.625. The molecule has 0 spiro atoms. The Morgan fingerprint density at radius 1 is 0.411 bits per heavy atom. The fourth-order valence-electron chi connectivity index (χ4n) is 7.59. The average molecular weight is 1080 g/mol. The van der Waals surface area contributed by atoms with Crippen LogP contribution in [-0.2, 0) is 0 Å². The van der Waals surface area contributed by atoms with E-state index in [1.165, 1.54) is 169 Å². The van der Waals surface area contributed by atoms with Gasteiger partial charge >= 0.3 is 277 Å². The van der Waals surface area contributed by atoms with Crippen LogP contribution in [0, 0.1) is 0 Å². The van der Waals surface area contributed by atoms with Crippen LogP contribution in [0.25, 0.3) is 41.1 Å². The summed E-state index contributed by atoms with van der Waals surface area (Å²) in [6.45, 7) is 4.62. The van der Waals surface area contributed by atoms with Gasteiger partial charge in [-0.15, -0.1) is 0 Å². The minimum absolute atomic E-state index is 1.25. The van der Waals surface area contributed by atoms with Crippen LogP contribution in [0.15, 0.2) is 44.8 Å². The molecule has 4 aromatic heterocycles. The molecule has 56 heavy (non-hydrogen) atoms. The molecule has 8 heteroatoms. The summed E-state index contributed by atoms with van der Waals surface area (Å²) < 4.78 is 9.54. The molecule has 0 unspecified atom stereocenters. The Hall–Kier alpha value is 0.837. The topological polar surface area (TPSA) is 0 Å². The standard InChI is InChI=1S/C42H56S6.6CH3.2Sn/c1-3-5-7-9-11-13-15-17-19-21-29-43-37-25-23-35(47-37)39-33-27-31-46-42(33)40(34-28-32-45-41(34)39)36-24-26-38(48-36)44-30-22-20-18-16-14-12-10-8-6-4-2;;;;;;;;/h23-28H,3-22,29-30H2,1-2H3;6*1H3;;. The van der Waals surface area contributed by atoms with E-state index in [4.69, 9.17) is 0 Å². The van der Waals surface area contributed by atoms with Crippen molar-refractivity contribution in [2.45, 2.75) is 180 Å². The minimum atomic E-state index is -2.33. The van der Waals surface area contributed by atoms with Gasteiger partial charge in [0.05, 0.1) is 0 Å². The van der Waals surface area contributed by atoms with Gasteiger partial charge in [-0.1, -0.05) is 104 Å². The van der Waals surface area contributed by atoms with Gasteiger partial charge in [0, 0.05) is 0 Å². The summed E-state index contributed by atoms with van der Waals surface area (Å²) in [4.78, 5) is 18.6. The average Bonchev–Trinajstić information content (AvgIpc) is 3.98. The molecule has 0 atom stereocenters. The van der Waals surface area contributed by atoms with Crippen molar-refractivity contribution in [3.63, 3.8) is 0 Å². The van der Waals surface area contributed by atoms with E-state index in [0.29, 0.717) is 0 Å². The normalized spacial score (nSPS) is 12.6. The molecule has 0 nitrogen and oxygen atoms in total. The first-order valence-corrected chi connectivity index (χ1v) is 47.7. The number of hydrogen-bond donors (Lipinski definition) is 0. The van der Waals surface area contributed by atoms with Crippen molar-refractivity contribution in [1.29, 1.82) is 0 Å². The van der Waals surface area contributed by atoms with E-state index in [9.17, 15) is 0 Å². The Morgan fingerprint density at radius 2 is 0.732 bits per heavy atom. The number of thiophene rings is 4. The number of unbranched alkanes of at least 4 members (excludes halogenated alkanes) is 18. The number of rotatable bonds is 28. The zero-order valence-electron chi connectivity index (χ0n) is 36.5. The third-order valence-corrected chi connectivity index (χ3v) is 37.1. The van der Waals surface area contributed by atoms with Gasteiger partial charge in [0.2, 0.25) is 0 Å². The van der Waals surface area contributed by atoms with Crippen LogP contribution >= 0.6 is 68.9 Å². The van der Waals surface area contributed by atoms with E-state index in [-0.39, 0.29) is 0 Å². The molecule has 0 saturated heterocycles. The van der Waals surface area contributed by atoms with Crippen molar-refractivity contribution in [2.24, 2.45) is 0 Å². The number of thioether (sulfide) groups is 2. The Kier molecular flexibility index (Phi) is 20.9. The molecule has 0 aliphatic carbocycles. The summed E-state index contributed by atoms with van der Waals surface area (Å²) in [6, 6.07) is 15.2. The number of hydrogen-bond acceptors (Lipinski definition) is 6. The van der Waals surface area contributed by atoms with E-state index < -0.39 is 36.8 Å². The molecular weight excluding hydrogens is 1010 g/mol. The first-order valence-electron chi connectivity index (χ1n) is 22.5. The SMILES string of the molecule is CCCCCCCCCCCCSc1ccc(-c2c3c[c]([Sn]([CH3])([CH3])[CH3])sc3c(-c3ccc(SCCCCCCCCCCCC)s3)c3c[c]([Sn]([CH3])([CH3])[CH3])sc23)s1. The third-order valence-electron chi connectivity index (χ3n) is 11.1. The molecule has 0 bridgehead atoms. The van der Waals surface area contributed by atoms with Gasteiger partial charge in [-0.25, -0.2) is 0 Å². The maximum absolute atomic E-state index is 2.68. The van der Waals surface area contributed by atoms with Gasteiger partial charge in [-0.05, 0) is 0 Å². The second-order valence-electron chi connectivity index (χ2n) is 18.3. The molecular formula is C48H74S6Sn2. The molecule has 0 aliphatic heterocycles. The Morgan fingerprint density at radius 3 is 1.05 bits per heavy atom. The van der Waals surface area contributed by atoms with Crippen LogP contribution in [0.5, 0.6) is 0 Å². The molecule has 0 saturated carbocycles.